The van der Waals surface area contributed by atoms with Crippen LogP contribution in [-0.4, -0.2) is 39.4 Å². The maximum atomic E-state index is 12.3. The molecule has 2 aromatic rings. The van der Waals surface area contributed by atoms with Crippen LogP contribution < -0.4 is 9.47 Å². The van der Waals surface area contributed by atoms with Gasteiger partial charge in [0.05, 0.1) is 14.2 Å². The van der Waals surface area contributed by atoms with Crippen LogP contribution in [0.15, 0.2) is 84.0 Å². The fourth-order valence-corrected chi connectivity index (χ4v) is 4.67. The maximum absolute atomic E-state index is 12.3. The van der Waals surface area contributed by atoms with Crippen molar-refractivity contribution in [3.05, 3.63) is 95.1 Å². The zero-order valence-electron chi connectivity index (χ0n) is 22.0. The normalized spacial score (nSPS) is 17.4. The van der Waals surface area contributed by atoms with Crippen molar-refractivity contribution in [2.75, 3.05) is 27.4 Å². The van der Waals surface area contributed by atoms with Gasteiger partial charge in [0.25, 0.3) is 0 Å². The van der Waals surface area contributed by atoms with E-state index < -0.39 is 11.9 Å². The van der Waals surface area contributed by atoms with Crippen molar-refractivity contribution in [1.29, 1.82) is 0 Å². The molecule has 0 aliphatic heterocycles. The first-order valence-corrected chi connectivity index (χ1v) is 13.0. The summed E-state index contributed by atoms with van der Waals surface area (Å²) < 4.78 is 21.0. The molecule has 0 amide bonds. The summed E-state index contributed by atoms with van der Waals surface area (Å²) in [5.74, 6) is 0.770. The predicted octanol–water partition coefficient (Wildman–Crippen LogP) is 6.48. The summed E-state index contributed by atoms with van der Waals surface area (Å²) in [4.78, 5) is 24.6. The zero-order chi connectivity index (χ0) is 26.7. The van der Waals surface area contributed by atoms with Crippen molar-refractivity contribution in [2.45, 2.75) is 38.5 Å². The Morgan fingerprint density at radius 1 is 0.632 bits per heavy atom. The highest BCUT2D eigenvalue weighted by Crippen LogP contribution is 2.31. The lowest BCUT2D eigenvalue weighted by atomic mass is 9.90. The molecule has 0 atom stereocenters. The molecule has 0 saturated heterocycles. The molecule has 4 rings (SSSR count). The van der Waals surface area contributed by atoms with Crippen LogP contribution in [0.2, 0.25) is 0 Å². The highest BCUT2D eigenvalue weighted by atomic mass is 16.6. The van der Waals surface area contributed by atoms with Crippen molar-refractivity contribution in [1.82, 2.24) is 0 Å². The van der Waals surface area contributed by atoms with E-state index in [2.05, 4.69) is 12.2 Å². The average Bonchev–Trinajstić information content (AvgIpc) is 2.96. The van der Waals surface area contributed by atoms with Gasteiger partial charge in [-0.3, -0.25) is 0 Å². The van der Waals surface area contributed by atoms with E-state index in [1.54, 1.807) is 14.2 Å². The van der Waals surface area contributed by atoms with Crippen molar-refractivity contribution < 1.29 is 28.5 Å². The molecule has 198 valence electrons. The molecule has 0 N–H and O–H groups in total. The van der Waals surface area contributed by atoms with Gasteiger partial charge in [0.2, 0.25) is 0 Å². The van der Waals surface area contributed by atoms with Gasteiger partial charge in [0.1, 0.15) is 24.7 Å². The summed E-state index contributed by atoms with van der Waals surface area (Å²) in [5.41, 5.74) is 6.49. The number of benzene rings is 2. The summed E-state index contributed by atoms with van der Waals surface area (Å²) in [6.45, 7) is 0.0268. The van der Waals surface area contributed by atoms with Crippen molar-refractivity contribution >= 4 is 23.1 Å². The lowest BCUT2D eigenvalue weighted by molar-refractivity contribution is -0.146. The number of methoxy groups -OCH3 is 2. The minimum absolute atomic E-state index is 0.0134. The van der Waals surface area contributed by atoms with E-state index in [1.165, 1.54) is 23.3 Å². The quantitative estimate of drug-likeness (QED) is 0.217. The second-order valence-corrected chi connectivity index (χ2v) is 9.28. The van der Waals surface area contributed by atoms with Gasteiger partial charge in [-0.2, -0.15) is 0 Å². The molecular weight excluding hydrogens is 480 g/mol. The Morgan fingerprint density at radius 2 is 1.03 bits per heavy atom. The van der Waals surface area contributed by atoms with Crippen LogP contribution in [0.4, 0.5) is 0 Å². The van der Waals surface area contributed by atoms with Crippen LogP contribution in [0.3, 0.4) is 0 Å². The second kappa shape index (κ2) is 13.5. The standard InChI is InChI=1S/C32H34O6/c1-35-29-13-9-25(10-14-29)27-7-3-5-23(19-27)21-31(33)37-17-18-38-32(34)22-24-6-4-8-28(20-24)26-11-15-30(36-2)16-12-26/h9-16,19-22H,3-8,17-18H2,1-2H3. The molecule has 0 aromatic heterocycles. The fourth-order valence-electron chi connectivity index (χ4n) is 4.67. The van der Waals surface area contributed by atoms with Gasteiger partial charge in [0, 0.05) is 12.2 Å². The topological polar surface area (TPSA) is 71.1 Å². The molecule has 0 saturated carbocycles. The Morgan fingerprint density at radius 3 is 1.39 bits per heavy atom. The molecule has 38 heavy (non-hydrogen) atoms. The molecule has 0 unspecified atom stereocenters. The summed E-state index contributed by atoms with van der Waals surface area (Å²) in [6.07, 6.45) is 12.7. The van der Waals surface area contributed by atoms with E-state index >= 15 is 0 Å². The number of carbonyl (C=O) groups excluding carboxylic acids is 2. The highest BCUT2D eigenvalue weighted by Gasteiger charge is 2.13. The molecule has 6 heteroatoms. The molecule has 0 radical (unpaired) electrons. The monoisotopic (exact) mass is 514 g/mol. The van der Waals surface area contributed by atoms with Crippen LogP contribution in [0, 0.1) is 0 Å². The van der Waals surface area contributed by atoms with Gasteiger partial charge in [-0.05, 0) is 96.2 Å². The van der Waals surface area contributed by atoms with Crippen LogP contribution >= 0.6 is 0 Å². The van der Waals surface area contributed by atoms with Crippen molar-refractivity contribution in [2.24, 2.45) is 0 Å². The lowest BCUT2D eigenvalue weighted by Gasteiger charge is -2.16. The third-order valence-electron chi connectivity index (χ3n) is 6.64. The second-order valence-electron chi connectivity index (χ2n) is 9.28. The van der Waals surface area contributed by atoms with E-state index in [9.17, 15) is 9.59 Å². The van der Waals surface area contributed by atoms with Crippen LogP contribution in [0.5, 0.6) is 11.5 Å². The van der Waals surface area contributed by atoms with Gasteiger partial charge >= 0.3 is 11.9 Å². The number of allylic oxidation sites excluding steroid dienone is 6. The zero-order valence-corrected chi connectivity index (χ0v) is 22.0. The lowest BCUT2D eigenvalue weighted by Crippen LogP contribution is -2.12. The molecule has 6 nitrogen and oxygen atoms in total. The van der Waals surface area contributed by atoms with E-state index in [1.807, 2.05) is 48.5 Å². The first-order valence-electron chi connectivity index (χ1n) is 13.0. The SMILES string of the molecule is COc1ccc(C2=CC(=CC(=O)OCCOC(=O)C=C3C=C(c4ccc(OC)cc4)CCC3)CCC2)cc1. The van der Waals surface area contributed by atoms with Gasteiger partial charge < -0.3 is 18.9 Å². The van der Waals surface area contributed by atoms with Crippen LogP contribution in [-0.2, 0) is 19.1 Å². The molecule has 2 aromatic carbocycles. The number of rotatable bonds is 9. The van der Waals surface area contributed by atoms with Gasteiger partial charge in [-0.15, -0.1) is 0 Å². The molecule has 0 spiro atoms. The Kier molecular flexibility index (Phi) is 9.57. The first kappa shape index (κ1) is 27.0. The molecule has 0 bridgehead atoms. The molecular formula is C32H34O6. The first-order chi connectivity index (χ1) is 18.5. The van der Waals surface area contributed by atoms with Crippen molar-refractivity contribution in [3.8, 4) is 11.5 Å². The minimum Gasteiger partial charge on any atom is -0.497 e. The average molecular weight is 515 g/mol. The van der Waals surface area contributed by atoms with Crippen LogP contribution in [0.1, 0.15) is 49.7 Å². The summed E-state index contributed by atoms with van der Waals surface area (Å²) in [5, 5.41) is 0. The number of hydrogen-bond donors (Lipinski definition) is 0. The van der Waals surface area contributed by atoms with Crippen molar-refractivity contribution in [3.63, 3.8) is 0 Å². The van der Waals surface area contributed by atoms with Crippen LogP contribution in [0.25, 0.3) is 11.1 Å². The maximum Gasteiger partial charge on any atom is 0.331 e. The third kappa shape index (κ3) is 7.72. The summed E-state index contributed by atoms with van der Waals surface area (Å²) in [6, 6.07) is 15.8. The predicted molar refractivity (Wildman–Crippen MR) is 148 cm³/mol. The van der Waals surface area contributed by atoms with E-state index in [0.717, 1.165) is 72.3 Å². The Hall–Kier alpha value is -4.06. The molecule has 0 fully saturated rings. The Labute approximate surface area is 224 Å². The molecule has 0 heterocycles. The third-order valence-corrected chi connectivity index (χ3v) is 6.64. The minimum atomic E-state index is -0.430. The number of esters is 2. The number of ether oxygens (including phenoxy) is 4. The highest BCUT2D eigenvalue weighted by molar-refractivity contribution is 5.85. The van der Waals surface area contributed by atoms with Gasteiger partial charge in [-0.25, -0.2) is 9.59 Å². The molecule has 2 aliphatic carbocycles. The fraction of sp³-hybridized carbons (Fsp3) is 0.312. The van der Waals surface area contributed by atoms with Gasteiger partial charge in [-0.1, -0.05) is 36.4 Å². The molecule has 2 aliphatic rings. The Bertz CT molecular complexity index is 1150. The van der Waals surface area contributed by atoms with E-state index in [4.69, 9.17) is 18.9 Å². The Balaban J connectivity index is 1.24. The van der Waals surface area contributed by atoms with Gasteiger partial charge in [0.15, 0.2) is 0 Å². The summed E-state index contributed by atoms with van der Waals surface area (Å²) in [7, 11) is 3.29. The summed E-state index contributed by atoms with van der Waals surface area (Å²) >= 11 is 0. The number of hydrogen-bond acceptors (Lipinski definition) is 6. The largest absolute Gasteiger partial charge is 0.497 e. The smallest absolute Gasteiger partial charge is 0.331 e. The number of carbonyl (C=O) groups is 2. The van der Waals surface area contributed by atoms with E-state index in [-0.39, 0.29) is 13.2 Å². The van der Waals surface area contributed by atoms with E-state index in [0.29, 0.717) is 0 Å².